The molecule has 2 nitrogen and oxygen atoms in total. The van der Waals surface area contributed by atoms with Gasteiger partial charge in [-0.05, 0) is 30.9 Å². The molecular formula is C17H28O2. The van der Waals surface area contributed by atoms with Crippen LogP contribution in [0, 0.1) is 12.8 Å². The zero-order valence-corrected chi connectivity index (χ0v) is 12.8. The van der Waals surface area contributed by atoms with Crippen LogP contribution in [-0.2, 0) is 0 Å². The summed E-state index contributed by atoms with van der Waals surface area (Å²) < 4.78 is 5.38. The van der Waals surface area contributed by atoms with Gasteiger partial charge in [0.15, 0.2) is 0 Å². The van der Waals surface area contributed by atoms with Gasteiger partial charge in [-0.25, -0.2) is 0 Å². The molecule has 1 rings (SSSR count). The van der Waals surface area contributed by atoms with Crippen LogP contribution in [0.25, 0.3) is 0 Å². The summed E-state index contributed by atoms with van der Waals surface area (Å²) in [5, 5.41) is 10.4. The number of ether oxygens (including phenoxy) is 1. The molecule has 0 heterocycles. The van der Waals surface area contributed by atoms with Crippen molar-refractivity contribution in [2.45, 2.75) is 59.0 Å². The zero-order valence-electron chi connectivity index (χ0n) is 12.8. The van der Waals surface area contributed by atoms with Crippen molar-refractivity contribution in [2.24, 2.45) is 5.92 Å². The van der Waals surface area contributed by atoms with Crippen LogP contribution in [0.3, 0.4) is 0 Å². The maximum Gasteiger partial charge on any atom is 0.124 e. The molecule has 0 aromatic heterocycles. The molecule has 0 aliphatic heterocycles. The summed E-state index contributed by atoms with van der Waals surface area (Å²) in [5.74, 6) is 1.40. The fourth-order valence-corrected chi connectivity index (χ4v) is 2.52. The standard InChI is InChI=1S/C17H28O2/c1-5-7-8-14(6-2)12-16(18)15-10-9-13(3)11-17(15)19-4/h9-11,14,16,18H,5-8,12H2,1-4H3. The highest BCUT2D eigenvalue weighted by atomic mass is 16.5. The first-order valence-electron chi connectivity index (χ1n) is 7.44. The van der Waals surface area contributed by atoms with E-state index in [2.05, 4.69) is 13.8 Å². The quantitative estimate of drug-likeness (QED) is 0.741. The van der Waals surface area contributed by atoms with Crippen LogP contribution in [-0.4, -0.2) is 12.2 Å². The highest BCUT2D eigenvalue weighted by molar-refractivity contribution is 5.38. The van der Waals surface area contributed by atoms with Gasteiger partial charge in [-0.2, -0.15) is 0 Å². The van der Waals surface area contributed by atoms with Crippen molar-refractivity contribution in [1.82, 2.24) is 0 Å². The highest BCUT2D eigenvalue weighted by Crippen LogP contribution is 2.32. The monoisotopic (exact) mass is 264 g/mol. The normalized spacial score (nSPS) is 14.2. The molecule has 0 radical (unpaired) electrons. The van der Waals surface area contributed by atoms with Crippen molar-refractivity contribution in [3.05, 3.63) is 29.3 Å². The van der Waals surface area contributed by atoms with Gasteiger partial charge in [0.1, 0.15) is 5.75 Å². The van der Waals surface area contributed by atoms with E-state index in [1.54, 1.807) is 7.11 Å². The molecule has 2 atom stereocenters. The van der Waals surface area contributed by atoms with Crippen LogP contribution in [0.4, 0.5) is 0 Å². The molecule has 0 aliphatic rings. The van der Waals surface area contributed by atoms with Crippen LogP contribution in [0.15, 0.2) is 18.2 Å². The van der Waals surface area contributed by atoms with Gasteiger partial charge in [-0.15, -0.1) is 0 Å². The maximum absolute atomic E-state index is 10.4. The predicted molar refractivity (Wildman–Crippen MR) is 80.6 cm³/mol. The third-order valence-electron chi connectivity index (χ3n) is 3.85. The Balaban J connectivity index is 2.73. The Morgan fingerprint density at radius 3 is 2.58 bits per heavy atom. The van der Waals surface area contributed by atoms with Gasteiger partial charge in [-0.3, -0.25) is 0 Å². The topological polar surface area (TPSA) is 29.5 Å². The van der Waals surface area contributed by atoms with Crippen molar-refractivity contribution in [2.75, 3.05) is 7.11 Å². The van der Waals surface area contributed by atoms with E-state index in [1.807, 2.05) is 25.1 Å². The van der Waals surface area contributed by atoms with Crippen molar-refractivity contribution < 1.29 is 9.84 Å². The lowest BCUT2D eigenvalue weighted by atomic mass is 9.90. The third kappa shape index (κ3) is 4.87. The Bertz CT molecular complexity index is 374. The summed E-state index contributed by atoms with van der Waals surface area (Å²) in [6, 6.07) is 6.02. The fourth-order valence-electron chi connectivity index (χ4n) is 2.52. The van der Waals surface area contributed by atoms with Crippen molar-refractivity contribution >= 4 is 0 Å². The van der Waals surface area contributed by atoms with Gasteiger partial charge >= 0.3 is 0 Å². The fraction of sp³-hybridized carbons (Fsp3) is 0.647. The Morgan fingerprint density at radius 2 is 2.00 bits per heavy atom. The predicted octanol–water partition coefficient (Wildman–Crippen LogP) is 4.64. The minimum Gasteiger partial charge on any atom is -0.496 e. The lowest BCUT2D eigenvalue weighted by Crippen LogP contribution is -2.08. The number of unbranched alkanes of at least 4 members (excludes halogenated alkanes) is 1. The second-order valence-electron chi connectivity index (χ2n) is 5.41. The lowest BCUT2D eigenvalue weighted by molar-refractivity contribution is 0.136. The molecule has 2 unspecified atom stereocenters. The van der Waals surface area contributed by atoms with E-state index in [0.29, 0.717) is 5.92 Å². The number of aliphatic hydroxyl groups is 1. The Kier molecular flexibility index (Phi) is 6.93. The van der Waals surface area contributed by atoms with Crippen LogP contribution in [0.5, 0.6) is 5.75 Å². The Labute approximate surface area is 117 Å². The van der Waals surface area contributed by atoms with E-state index in [9.17, 15) is 5.11 Å². The second-order valence-corrected chi connectivity index (χ2v) is 5.41. The number of hydrogen-bond acceptors (Lipinski definition) is 2. The highest BCUT2D eigenvalue weighted by Gasteiger charge is 2.17. The van der Waals surface area contributed by atoms with E-state index in [-0.39, 0.29) is 0 Å². The molecule has 0 spiro atoms. The molecule has 0 aliphatic carbocycles. The Hall–Kier alpha value is -1.02. The third-order valence-corrected chi connectivity index (χ3v) is 3.85. The van der Waals surface area contributed by atoms with E-state index >= 15 is 0 Å². The first-order valence-corrected chi connectivity index (χ1v) is 7.44. The molecule has 19 heavy (non-hydrogen) atoms. The first kappa shape index (κ1) is 16.0. The van der Waals surface area contributed by atoms with E-state index in [1.165, 1.54) is 19.3 Å². The molecule has 1 aromatic rings. The molecular weight excluding hydrogens is 236 g/mol. The zero-order chi connectivity index (χ0) is 14.3. The summed E-state index contributed by atoms with van der Waals surface area (Å²) in [6.45, 7) is 6.46. The SMILES string of the molecule is CCCCC(CC)CC(O)c1ccc(C)cc1OC. The minimum atomic E-state index is -0.419. The number of benzene rings is 1. The molecule has 0 saturated heterocycles. The summed E-state index contributed by atoms with van der Waals surface area (Å²) >= 11 is 0. The van der Waals surface area contributed by atoms with Crippen LogP contribution in [0.2, 0.25) is 0 Å². The lowest BCUT2D eigenvalue weighted by Gasteiger charge is -2.21. The molecule has 1 aromatic carbocycles. The molecule has 0 fully saturated rings. The molecule has 2 heteroatoms. The molecule has 0 amide bonds. The van der Waals surface area contributed by atoms with Gasteiger partial charge < -0.3 is 9.84 Å². The van der Waals surface area contributed by atoms with Crippen molar-refractivity contribution in [3.63, 3.8) is 0 Å². The van der Waals surface area contributed by atoms with E-state index in [4.69, 9.17) is 4.74 Å². The summed E-state index contributed by atoms with van der Waals surface area (Å²) in [7, 11) is 1.67. The molecule has 0 saturated carbocycles. The van der Waals surface area contributed by atoms with E-state index < -0.39 is 6.10 Å². The molecule has 1 N–H and O–H groups in total. The minimum absolute atomic E-state index is 0.419. The van der Waals surface area contributed by atoms with Crippen LogP contribution >= 0.6 is 0 Å². The summed E-state index contributed by atoms with van der Waals surface area (Å²) in [4.78, 5) is 0. The van der Waals surface area contributed by atoms with Crippen molar-refractivity contribution in [1.29, 1.82) is 0 Å². The van der Waals surface area contributed by atoms with Crippen molar-refractivity contribution in [3.8, 4) is 5.75 Å². The van der Waals surface area contributed by atoms with Gasteiger partial charge in [0.05, 0.1) is 13.2 Å². The van der Waals surface area contributed by atoms with E-state index in [0.717, 1.165) is 29.7 Å². The number of hydrogen-bond donors (Lipinski definition) is 1. The number of aliphatic hydroxyl groups excluding tert-OH is 1. The van der Waals surface area contributed by atoms with Gasteiger partial charge in [-0.1, -0.05) is 51.7 Å². The average molecular weight is 264 g/mol. The summed E-state index contributed by atoms with van der Waals surface area (Å²) in [6.07, 6.45) is 5.22. The van der Waals surface area contributed by atoms with Gasteiger partial charge in [0, 0.05) is 5.56 Å². The smallest absolute Gasteiger partial charge is 0.124 e. The summed E-state index contributed by atoms with van der Waals surface area (Å²) in [5.41, 5.74) is 2.08. The maximum atomic E-state index is 10.4. The molecule has 0 bridgehead atoms. The first-order chi connectivity index (χ1) is 9.12. The largest absolute Gasteiger partial charge is 0.496 e. The average Bonchev–Trinajstić information content (AvgIpc) is 2.42. The number of methoxy groups -OCH3 is 1. The Morgan fingerprint density at radius 1 is 1.26 bits per heavy atom. The van der Waals surface area contributed by atoms with Crippen LogP contribution in [0.1, 0.15) is 63.2 Å². The molecule has 108 valence electrons. The number of rotatable bonds is 8. The van der Waals surface area contributed by atoms with Gasteiger partial charge in [0.25, 0.3) is 0 Å². The van der Waals surface area contributed by atoms with Gasteiger partial charge in [0.2, 0.25) is 0 Å². The second kappa shape index (κ2) is 8.21. The number of aryl methyl sites for hydroxylation is 1. The van der Waals surface area contributed by atoms with Crippen LogP contribution < -0.4 is 4.74 Å².